The first-order valence-corrected chi connectivity index (χ1v) is 9.92. The van der Waals surface area contributed by atoms with Gasteiger partial charge in [0.25, 0.3) is 5.91 Å². The van der Waals surface area contributed by atoms with Crippen molar-refractivity contribution in [2.24, 2.45) is 0 Å². The zero-order chi connectivity index (χ0) is 18.7. The molecular weight excluding hydrogens is 324 g/mol. The van der Waals surface area contributed by atoms with E-state index in [9.17, 15) is 4.79 Å². The predicted octanol–water partition coefficient (Wildman–Crippen LogP) is 3.06. The third kappa shape index (κ3) is 3.78. The van der Waals surface area contributed by atoms with Crippen molar-refractivity contribution in [2.45, 2.75) is 58.5 Å². The van der Waals surface area contributed by atoms with Gasteiger partial charge in [-0.15, -0.1) is 6.58 Å². The molecule has 0 bridgehead atoms. The van der Waals surface area contributed by atoms with Crippen molar-refractivity contribution >= 4 is 5.91 Å². The van der Waals surface area contributed by atoms with Crippen LogP contribution in [0, 0.1) is 0 Å². The first-order chi connectivity index (χ1) is 12.5. The molecule has 0 N–H and O–H groups in total. The molecule has 0 spiro atoms. The number of rotatable bonds is 7. The van der Waals surface area contributed by atoms with Crippen LogP contribution in [0.1, 0.15) is 54.9 Å². The second kappa shape index (κ2) is 8.21. The van der Waals surface area contributed by atoms with E-state index in [1.165, 1.54) is 16.8 Å². The van der Waals surface area contributed by atoms with Gasteiger partial charge in [-0.05, 0) is 45.6 Å². The summed E-state index contributed by atoms with van der Waals surface area (Å²) in [6, 6.07) is 0.454. The first kappa shape index (κ1) is 18.9. The Labute approximate surface area is 157 Å². The van der Waals surface area contributed by atoms with E-state index < -0.39 is 0 Å². The molecule has 1 aliphatic carbocycles. The van der Waals surface area contributed by atoms with Crippen molar-refractivity contribution in [1.29, 1.82) is 0 Å². The number of nitrogens with zero attached hydrogens (tertiary/aromatic N) is 4. The van der Waals surface area contributed by atoms with Gasteiger partial charge in [-0.25, -0.2) is 0 Å². The van der Waals surface area contributed by atoms with Crippen molar-refractivity contribution in [2.75, 3.05) is 26.2 Å². The summed E-state index contributed by atoms with van der Waals surface area (Å²) in [5.41, 5.74) is 4.27. The number of hydrogen-bond donors (Lipinski definition) is 0. The summed E-state index contributed by atoms with van der Waals surface area (Å²) in [5, 5.41) is 4.72. The lowest BCUT2D eigenvalue weighted by molar-refractivity contribution is 0.0784. The van der Waals surface area contributed by atoms with E-state index in [-0.39, 0.29) is 5.91 Å². The number of aromatic nitrogens is 2. The Bertz CT molecular complexity index is 684. The molecule has 0 radical (unpaired) electrons. The fourth-order valence-electron chi connectivity index (χ4n) is 4.34. The SMILES string of the molecule is C=CCn1nc(C(=O)N2CCCC2)c2c1CCC(N(CC)CC(=C)C)C2. The van der Waals surface area contributed by atoms with Crippen molar-refractivity contribution in [3.05, 3.63) is 41.8 Å². The van der Waals surface area contributed by atoms with Crippen molar-refractivity contribution in [1.82, 2.24) is 19.6 Å². The van der Waals surface area contributed by atoms with Crippen LogP contribution in [0.15, 0.2) is 24.8 Å². The van der Waals surface area contributed by atoms with E-state index in [1.807, 2.05) is 15.7 Å². The summed E-state index contributed by atoms with van der Waals surface area (Å²) in [6.07, 6.45) is 7.05. The van der Waals surface area contributed by atoms with Crippen LogP contribution in [0.4, 0.5) is 0 Å². The minimum Gasteiger partial charge on any atom is -0.337 e. The third-order valence-electron chi connectivity index (χ3n) is 5.61. The van der Waals surface area contributed by atoms with Gasteiger partial charge in [0.05, 0.1) is 6.54 Å². The maximum Gasteiger partial charge on any atom is 0.274 e. The van der Waals surface area contributed by atoms with Gasteiger partial charge in [0.15, 0.2) is 5.69 Å². The van der Waals surface area contributed by atoms with Crippen LogP contribution < -0.4 is 0 Å². The molecule has 26 heavy (non-hydrogen) atoms. The van der Waals surface area contributed by atoms with Gasteiger partial charge in [-0.1, -0.05) is 25.2 Å². The molecule has 1 aromatic heterocycles. The standard InChI is InChI=1S/C21H32N4O/c1-5-11-25-19-10-9-17(23(6-2)15-16(3)4)14-18(19)20(22-25)21(26)24-12-7-8-13-24/h5,17H,1,3,6-15H2,2,4H3. The fraction of sp³-hybridized carbons (Fsp3) is 0.619. The van der Waals surface area contributed by atoms with E-state index in [0.29, 0.717) is 18.3 Å². The zero-order valence-corrected chi connectivity index (χ0v) is 16.3. The molecule has 0 aromatic carbocycles. The quantitative estimate of drug-likeness (QED) is 0.705. The predicted molar refractivity (Wildman–Crippen MR) is 105 cm³/mol. The molecule has 1 unspecified atom stereocenters. The summed E-state index contributed by atoms with van der Waals surface area (Å²) < 4.78 is 2.00. The number of carbonyl (C=O) groups excluding carboxylic acids is 1. The average Bonchev–Trinajstić information content (AvgIpc) is 3.27. The highest BCUT2D eigenvalue weighted by atomic mass is 16.2. The molecule has 1 atom stereocenters. The Morgan fingerprint density at radius 1 is 1.38 bits per heavy atom. The number of fused-ring (bicyclic) bond motifs is 1. The van der Waals surface area contributed by atoms with Gasteiger partial charge in [-0.3, -0.25) is 14.4 Å². The molecule has 1 fully saturated rings. The Morgan fingerprint density at radius 3 is 2.73 bits per heavy atom. The van der Waals surface area contributed by atoms with Crippen LogP contribution >= 0.6 is 0 Å². The van der Waals surface area contributed by atoms with Crippen molar-refractivity contribution in [3.63, 3.8) is 0 Å². The summed E-state index contributed by atoms with van der Waals surface area (Å²) in [5.74, 6) is 0.116. The minimum absolute atomic E-state index is 0.116. The number of carbonyl (C=O) groups is 1. The van der Waals surface area contributed by atoms with Crippen LogP contribution in [0.25, 0.3) is 0 Å². The van der Waals surface area contributed by atoms with Crippen LogP contribution in [0.2, 0.25) is 0 Å². The normalized spacial score (nSPS) is 19.7. The second-order valence-corrected chi connectivity index (χ2v) is 7.66. The van der Waals surface area contributed by atoms with Crippen LogP contribution in [0.5, 0.6) is 0 Å². The van der Waals surface area contributed by atoms with Crippen molar-refractivity contribution < 1.29 is 4.79 Å². The molecule has 5 heteroatoms. The van der Waals surface area contributed by atoms with E-state index in [1.54, 1.807) is 0 Å². The molecule has 1 aromatic rings. The average molecular weight is 357 g/mol. The number of allylic oxidation sites excluding steroid dienone is 1. The Kier molecular flexibility index (Phi) is 5.97. The molecule has 2 aliphatic rings. The zero-order valence-electron chi connectivity index (χ0n) is 16.3. The van der Waals surface area contributed by atoms with Gasteiger partial charge in [0.2, 0.25) is 0 Å². The van der Waals surface area contributed by atoms with Gasteiger partial charge in [0, 0.05) is 36.9 Å². The summed E-state index contributed by atoms with van der Waals surface area (Å²) in [6.45, 7) is 16.5. The van der Waals surface area contributed by atoms with E-state index in [4.69, 9.17) is 5.10 Å². The Balaban J connectivity index is 1.89. The van der Waals surface area contributed by atoms with Crippen LogP contribution in [-0.2, 0) is 19.4 Å². The lowest BCUT2D eigenvalue weighted by Crippen LogP contribution is -2.40. The molecule has 5 nitrogen and oxygen atoms in total. The summed E-state index contributed by atoms with van der Waals surface area (Å²) in [7, 11) is 0. The third-order valence-corrected chi connectivity index (χ3v) is 5.61. The number of amides is 1. The molecule has 142 valence electrons. The highest BCUT2D eigenvalue weighted by molar-refractivity contribution is 5.94. The highest BCUT2D eigenvalue weighted by Crippen LogP contribution is 2.29. The van der Waals surface area contributed by atoms with Crippen LogP contribution in [0.3, 0.4) is 0 Å². The smallest absolute Gasteiger partial charge is 0.274 e. The lowest BCUT2D eigenvalue weighted by atomic mass is 9.89. The summed E-state index contributed by atoms with van der Waals surface area (Å²) >= 11 is 0. The number of likely N-dealkylation sites (tertiary alicyclic amines) is 1. The molecule has 2 heterocycles. The van der Waals surface area contributed by atoms with Crippen LogP contribution in [-0.4, -0.2) is 57.7 Å². The second-order valence-electron chi connectivity index (χ2n) is 7.66. The minimum atomic E-state index is 0.116. The first-order valence-electron chi connectivity index (χ1n) is 9.92. The molecule has 1 amide bonds. The summed E-state index contributed by atoms with van der Waals surface area (Å²) in [4.78, 5) is 17.5. The highest BCUT2D eigenvalue weighted by Gasteiger charge is 2.33. The molecular formula is C21H32N4O. The molecule has 0 saturated carbocycles. The molecule has 3 rings (SSSR count). The number of hydrogen-bond acceptors (Lipinski definition) is 3. The Hall–Kier alpha value is -1.88. The van der Waals surface area contributed by atoms with Gasteiger partial charge in [0.1, 0.15) is 0 Å². The van der Waals surface area contributed by atoms with E-state index >= 15 is 0 Å². The van der Waals surface area contributed by atoms with Crippen molar-refractivity contribution in [3.8, 4) is 0 Å². The molecule has 1 aliphatic heterocycles. The lowest BCUT2D eigenvalue weighted by Gasteiger charge is -2.34. The molecule has 1 saturated heterocycles. The fourth-order valence-corrected chi connectivity index (χ4v) is 4.34. The van der Waals surface area contributed by atoms with Gasteiger partial charge in [-0.2, -0.15) is 5.10 Å². The monoisotopic (exact) mass is 356 g/mol. The maximum atomic E-state index is 13.1. The maximum absolute atomic E-state index is 13.1. The van der Waals surface area contributed by atoms with Gasteiger partial charge < -0.3 is 4.90 Å². The van der Waals surface area contributed by atoms with Gasteiger partial charge >= 0.3 is 0 Å². The largest absolute Gasteiger partial charge is 0.337 e. The number of likely N-dealkylation sites (N-methyl/N-ethyl adjacent to an activating group) is 1. The Morgan fingerprint density at radius 2 is 2.12 bits per heavy atom. The topological polar surface area (TPSA) is 41.4 Å². The van der Waals surface area contributed by atoms with E-state index in [2.05, 4.69) is 31.9 Å². The van der Waals surface area contributed by atoms with E-state index in [0.717, 1.165) is 58.3 Å².